The standard InChI is InChI=1S/C28H28BrClN4O2/c1-5-18(2)27-32-25-13-9-21(29)14-24(25)28(35)34(27)31-16-20-8-12-23(33(3)4)15-26(20)36-17-19-6-10-22(30)11-7-19/h6-16,18H,5,17H2,1-4H3/t18-/m0/s1. The summed E-state index contributed by atoms with van der Waals surface area (Å²) in [5, 5.41) is 5.81. The van der Waals surface area contributed by atoms with Crippen molar-refractivity contribution in [1.29, 1.82) is 0 Å². The van der Waals surface area contributed by atoms with Crippen molar-refractivity contribution in [1.82, 2.24) is 9.66 Å². The van der Waals surface area contributed by atoms with Gasteiger partial charge in [-0.15, -0.1) is 0 Å². The number of anilines is 1. The van der Waals surface area contributed by atoms with Crippen molar-refractivity contribution in [2.45, 2.75) is 32.8 Å². The van der Waals surface area contributed by atoms with E-state index in [4.69, 9.17) is 21.3 Å². The van der Waals surface area contributed by atoms with Crippen molar-refractivity contribution >= 4 is 50.3 Å². The van der Waals surface area contributed by atoms with Gasteiger partial charge in [0.15, 0.2) is 0 Å². The number of hydrogen-bond donors (Lipinski definition) is 0. The number of ether oxygens (including phenoxy) is 1. The molecule has 0 fully saturated rings. The predicted molar refractivity (Wildman–Crippen MR) is 152 cm³/mol. The van der Waals surface area contributed by atoms with Gasteiger partial charge in [-0.25, -0.2) is 4.98 Å². The second kappa shape index (κ2) is 11.3. The lowest BCUT2D eigenvalue weighted by atomic mass is 10.1. The summed E-state index contributed by atoms with van der Waals surface area (Å²) < 4.78 is 8.41. The Labute approximate surface area is 224 Å². The number of benzene rings is 3. The smallest absolute Gasteiger partial charge is 0.282 e. The topological polar surface area (TPSA) is 59.7 Å². The van der Waals surface area contributed by atoms with Gasteiger partial charge in [-0.2, -0.15) is 9.78 Å². The molecule has 0 aliphatic heterocycles. The minimum Gasteiger partial charge on any atom is -0.488 e. The second-order valence-electron chi connectivity index (χ2n) is 8.83. The molecule has 1 atom stereocenters. The molecule has 3 aromatic carbocycles. The first kappa shape index (κ1) is 25.9. The number of hydrogen-bond acceptors (Lipinski definition) is 5. The van der Waals surface area contributed by atoms with E-state index in [2.05, 4.69) is 28.0 Å². The molecule has 0 unspecified atom stereocenters. The highest BCUT2D eigenvalue weighted by Crippen LogP contribution is 2.26. The maximum absolute atomic E-state index is 13.4. The highest BCUT2D eigenvalue weighted by atomic mass is 79.9. The van der Waals surface area contributed by atoms with Crippen LogP contribution in [0.25, 0.3) is 10.9 Å². The van der Waals surface area contributed by atoms with Gasteiger partial charge in [0.2, 0.25) is 0 Å². The summed E-state index contributed by atoms with van der Waals surface area (Å²) in [6, 6.07) is 19.0. The fraction of sp³-hybridized carbons (Fsp3) is 0.250. The third-order valence-corrected chi connectivity index (χ3v) is 6.77. The molecule has 0 aliphatic rings. The zero-order valence-corrected chi connectivity index (χ0v) is 23.0. The number of rotatable bonds is 8. The van der Waals surface area contributed by atoms with E-state index in [-0.39, 0.29) is 11.5 Å². The Morgan fingerprint density at radius 3 is 2.58 bits per heavy atom. The quantitative estimate of drug-likeness (QED) is 0.218. The molecule has 0 N–H and O–H groups in total. The van der Waals surface area contributed by atoms with Crippen LogP contribution >= 0.6 is 27.5 Å². The first-order valence-corrected chi connectivity index (χ1v) is 12.9. The second-order valence-corrected chi connectivity index (χ2v) is 10.2. The van der Waals surface area contributed by atoms with Crippen molar-refractivity contribution < 1.29 is 4.74 Å². The van der Waals surface area contributed by atoms with Gasteiger partial charge in [0.25, 0.3) is 5.56 Å². The Balaban J connectivity index is 1.76. The zero-order valence-electron chi connectivity index (χ0n) is 20.7. The molecule has 0 aliphatic carbocycles. The van der Waals surface area contributed by atoms with E-state index in [0.29, 0.717) is 34.1 Å². The van der Waals surface area contributed by atoms with Gasteiger partial charge in [0, 0.05) is 46.8 Å². The van der Waals surface area contributed by atoms with Crippen LogP contribution in [0.4, 0.5) is 5.69 Å². The average Bonchev–Trinajstić information content (AvgIpc) is 2.87. The van der Waals surface area contributed by atoms with Crippen molar-refractivity contribution in [3.63, 3.8) is 0 Å². The third-order valence-electron chi connectivity index (χ3n) is 6.02. The maximum atomic E-state index is 13.4. The van der Waals surface area contributed by atoms with Gasteiger partial charge in [-0.1, -0.05) is 53.5 Å². The van der Waals surface area contributed by atoms with E-state index in [0.717, 1.165) is 27.7 Å². The lowest BCUT2D eigenvalue weighted by Crippen LogP contribution is -2.23. The van der Waals surface area contributed by atoms with E-state index in [1.165, 1.54) is 4.68 Å². The van der Waals surface area contributed by atoms with E-state index in [1.54, 1.807) is 12.3 Å². The van der Waals surface area contributed by atoms with Gasteiger partial charge in [-0.05, 0) is 54.4 Å². The molecular weight excluding hydrogens is 540 g/mol. The van der Waals surface area contributed by atoms with Crippen LogP contribution < -0.4 is 15.2 Å². The van der Waals surface area contributed by atoms with Crippen LogP contribution in [0, 0.1) is 0 Å². The summed E-state index contributed by atoms with van der Waals surface area (Å²) in [6.45, 7) is 4.49. The Morgan fingerprint density at radius 1 is 1.14 bits per heavy atom. The van der Waals surface area contributed by atoms with Gasteiger partial charge >= 0.3 is 0 Å². The molecule has 0 saturated carbocycles. The Kier molecular flexibility index (Phi) is 8.11. The van der Waals surface area contributed by atoms with Crippen LogP contribution in [0.1, 0.15) is 43.1 Å². The molecular formula is C28H28BrClN4O2. The number of halogens is 2. The summed E-state index contributed by atoms with van der Waals surface area (Å²) in [6.07, 6.45) is 2.49. The highest BCUT2D eigenvalue weighted by molar-refractivity contribution is 9.10. The zero-order chi connectivity index (χ0) is 25.8. The minimum atomic E-state index is -0.207. The largest absolute Gasteiger partial charge is 0.488 e. The molecule has 186 valence electrons. The van der Waals surface area contributed by atoms with E-state index in [1.807, 2.05) is 80.5 Å². The molecule has 36 heavy (non-hydrogen) atoms. The number of fused-ring (bicyclic) bond motifs is 1. The first-order valence-electron chi connectivity index (χ1n) is 11.7. The Hall–Kier alpha value is -3.16. The Morgan fingerprint density at radius 2 is 1.89 bits per heavy atom. The van der Waals surface area contributed by atoms with Crippen molar-refractivity contribution in [2.75, 3.05) is 19.0 Å². The molecule has 4 rings (SSSR count). The fourth-order valence-corrected chi connectivity index (χ4v) is 4.16. The molecule has 0 saturated heterocycles. The van der Waals surface area contributed by atoms with Gasteiger partial charge < -0.3 is 9.64 Å². The molecule has 1 aromatic heterocycles. The predicted octanol–water partition coefficient (Wildman–Crippen LogP) is 6.85. The van der Waals surface area contributed by atoms with Gasteiger partial charge in [0.05, 0.1) is 17.1 Å². The summed E-state index contributed by atoms with van der Waals surface area (Å²) >= 11 is 9.47. The number of nitrogens with zero attached hydrogens (tertiary/aromatic N) is 4. The summed E-state index contributed by atoms with van der Waals surface area (Å²) in [7, 11) is 3.95. The Bertz CT molecular complexity index is 1470. The van der Waals surface area contributed by atoms with Crippen molar-refractivity contribution in [3.05, 3.63) is 97.5 Å². The van der Waals surface area contributed by atoms with Crippen molar-refractivity contribution in [3.8, 4) is 5.75 Å². The third kappa shape index (κ3) is 5.79. The summed E-state index contributed by atoms with van der Waals surface area (Å²) in [4.78, 5) is 20.2. The molecule has 0 radical (unpaired) electrons. The maximum Gasteiger partial charge on any atom is 0.282 e. The molecule has 0 amide bonds. The number of aromatic nitrogens is 2. The van der Waals surface area contributed by atoms with Crippen LogP contribution in [0.3, 0.4) is 0 Å². The normalized spacial score (nSPS) is 12.3. The lowest BCUT2D eigenvalue weighted by molar-refractivity contribution is 0.306. The molecule has 4 aromatic rings. The molecule has 0 bridgehead atoms. The van der Waals surface area contributed by atoms with E-state index < -0.39 is 0 Å². The van der Waals surface area contributed by atoms with Crippen LogP contribution in [0.2, 0.25) is 5.02 Å². The monoisotopic (exact) mass is 566 g/mol. The molecule has 6 nitrogen and oxygen atoms in total. The van der Waals surface area contributed by atoms with Crippen LogP contribution in [0.15, 0.2) is 75.0 Å². The van der Waals surface area contributed by atoms with Crippen LogP contribution in [-0.4, -0.2) is 30.0 Å². The summed E-state index contributed by atoms with van der Waals surface area (Å²) in [5.74, 6) is 1.34. The summed E-state index contributed by atoms with van der Waals surface area (Å²) in [5.41, 5.74) is 3.20. The fourth-order valence-electron chi connectivity index (χ4n) is 3.67. The minimum absolute atomic E-state index is 0.0552. The van der Waals surface area contributed by atoms with Crippen molar-refractivity contribution in [2.24, 2.45) is 5.10 Å². The molecule has 0 spiro atoms. The van der Waals surface area contributed by atoms with Gasteiger partial charge in [-0.3, -0.25) is 4.79 Å². The van der Waals surface area contributed by atoms with E-state index >= 15 is 0 Å². The first-order chi connectivity index (χ1) is 17.3. The highest BCUT2D eigenvalue weighted by Gasteiger charge is 2.16. The van der Waals surface area contributed by atoms with Crippen LogP contribution in [-0.2, 0) is 6.61 Å². The van der Waals surface area contributed by atoms with Crippen LogP contribution in [0.5, 0.6) is 5.75 Å². The SMILES string of the molecule is CC[C@H](C)c1nc2ccc(Br)cc2c(=O)n1N=Cc1ccc(N(C)C)cc1OCc1ccc(Cl)cc1. The molecule has 1 heterocycles. The van der Waals surface area contributed by atoms with E-state index in [9.17, 15) is 4.79 Å². The molecule has 8 heteroatoms. The lowest BCUT2D eigenvalue weighted by Gasteiger charge is -2.17. The van der Waals surface area contributed by atoms with Gasteiger partial charge in [0.1, 0.15) is 18.2 Å². The average molecular weight is 568 g/mol.